The minimum atomic E-state index is 0.174. The molecule has 0 aliphatic carbocycles. The van der Waals surface area contributed by atoms with Crippen molar-refractivity contribution in [1.82, 2.24) is 4.98 Å². The average molecular weight is 160 g/mol. The van der Waals surface area contributed by atoms with Crippen molar-refractivity contribution in [2.45, 2.75) is 0 Å². The summed E-state index contributed by atoms with van der Waals surface area (Å²) in [7, 11) is 0. The summed E-state index contributed by atoms with van der Waals surface area (Å²) in [5.74, 6) is 0.174. The second kappa shape index (κ2) is 2.37. The lowest BCUT2D eigenvalue weighted by Crippen LogP contribution is -1.88. The number of nitrogen functional groups attached to an aromatic ring is 1. The van der Waals surface area contributed by atoms with E-state index >= 15 is 0 Å². The van der Waals surface area contributed by atoms with Gasteiger partial charge in [0.05, 0.1) is 11.2 Å². The number of phenolic OH excluding ortho intramolecular Hbond substituents is 1. The van der Waals surface area contributed by atoms with Crippen LogP contribution in [0.25, 0.3) is 10.9 Å². The van der Waals surface area contributed by atoms with E-state index in [1.807, 2.05) is 6.07 Å². The van der Waals surface area contributed by atoms with Gasteiger partial charge in [-0.1, -0.05) is 6.07 Å². The first-order chi connectivity index (χ1) is 5.77. The van der Waals surface area contributed by atoms with E-state index in [0.717, 1.165) is 10.9 Å². The van der Waals surface area contributed by atoms with Crippen molar-refractivity contribution in [3.05, 3.63) is 30.5 Å². The number of phenols is 1. The lowest BCUT2D eigenvalue weighted by atomic mass is 10.2. The summed E-state index contributed by atoms with van der Waals surface area (Å²) in [4.78, 5) is 4.09. The summed E-state index contributed by atoms with van der Waals surface area (Å²) in [6, 6.07) is 6.80. The number of aromatic nitrogens is 1. The predicted octanol–water partition coefficient (Wildman–Crippen LogP) is 1.52. The fourth-order valence-corrected chi connectivity index (χ4v) is 1.20. The standard InChI is InChI=1S/C9H8N2O/c10-8-5-7(12)4-6-2-1-3-11-9(6)8/h1-5,12H,10H2. The molecule has 0 amide bonds. The number of fused-ring (bicyclic) bond motifs is 1. The topological polar surface area (TPSA) is 59.1 Å². The van der Waals surface area contributed by atoms with Crippen LogP contribution < -0.4 is 5.73 Å². The van der Waals surface area contributed by atoms with E-state index in [2.05, 4.69) is 4.98 Å². The van der Waals surface area contributed by atoms with Gasteiger partial charge in [-0.25, -0.2) is 0 Å². The Morgan fingerprint density at radius 3 is 3.00 bits per heavy atom. The van der Waals surface area contributed by atoms with Crippen molar-refractivity contribution < 1.29 is 5.11 Å². The first kappa shape index (κ1) is 6.91. The van der Waals surface area contributed by atoms with Crippen LogP contribution in [-0.2, 0) is 0 Å². The van der Waals surface area contributed by atoms with E-state index in [1.165, 1.54) is 6.07 Å². The van der Waals surface area contributed by atoms with E-state index in [1.54, 1.807) is 18.3 Å². The van der Waals surface area contributed by atoms with Gasteiger partial charge in [0, 0.05) is 17.6 Å². The lowest BCUT2D eigenvalue weighted by molar-refractivity contribution is 0.476. The Labute approximate surface area is 69.5 Å². The van der Waals surface area contributed by atoms with Gasteiger partial charge in [-0.05, 0) is 12.1 Å². The van der Waals surface area contributed by atoms with Crippen molar-refractivity contribution in [3.8, 4) is 5.75 Å². The highest BCUT2D eigenvalue weighted by molar-refractivity contribution is 5.90. The zero-order chi connectivity index (χ0) is 8.55. The smallest absolute Gasteiger partial charge is 0.118 e. The number of hydrogen-bond acceptors (Lipinski definition) is 3. The molecule has 60 valence electrons. The number of pyridine rings is 1. The minimum absolute atomic E-state index is 0.174. The Morgan fingerprint density at radius 2 is 2.17 bits per heavy atom. The third-order valence-corrected chi connectivity index (χ3v) is 1.72. The third-order valence-electron chi connectivity index (χ3n) is 1.72. The molecule has 0 atom stereocenters. The van der Waals surface area contributed by atoms with Crippen LogP contribution in [0.1, 0.15) is 0 Å². The molecular weight excluding hydrogens is 152 g/mol. The Balaban J connectivity index is 2.89. The van der Waals surface area contributed by atoms with Gasteiger partial charge in [0.2, 0.25) is 0 Å². The van der Waals surface area contributed by atoms with Crippen molar-refractivity contribution in [2.24, 2.45) is 0 Å². The molecule has 3 N–H and O–H groups in total. The Morgan fingerprint density at radius 1 is 1.33 bits per heavy atom. The number of nitrogens with two attached hydrogens (primary N) is 1. The van der Waals surface area contributed by atoms with Crippen LogP contribution in [0.5, 0.6) is 5.75 Å². The van der Waals surface area contributed by atoms with Gasteiger partial charge in [0.25, 0.3) is 0 Å². The van der Waals surface area contributed by atoms with Crippen molar-refractivity contribution in [2.75, 3.05) is 5.73 Å². The Bertz CT molecular complexity index is 426. The lowest BCUT2D eigenvalue weighted by Gasteiger charge is -2.00. The van der Waals surface area contributed by atoms with Gasteiger partial charge in [-0.3, -0.25) is 4.98 Å². The second-order valence-electron chi connectivity index (χ2n) is 2.61. The maximum Gasteiger partial charge on any atom is 0.118 e. The first-order valence-electron chi connectivity index (χ1n) is 3.60. The van der Waals surface area contributed by atoms with Crippen LogP contribution in [0.3, 0.4) is 0 Å². The predicted molar refractivity (Wildman–Crippen MR) is 47.8 cm³/mol. The van der Waals surface area contributed by atoms with Crippen LogP contribution in [0, 0.1) is 0 Å². The number of aromatic hydroxyl groups is 1. The van der Waals surface area contributed by atoms with E-state index in [-0.39, 0.29) is 5.75 Å². The highest BCUT2D eigenvalue weighted by Gasteiger charge is 1.99. The monoisotopic (exact) mass is 160 g/mol. The zero-order valence-electron chi connectivity index (χ0n) is 6.36. The quantitative estimate of drug-likeness (QED) is 0.574. The van der Waals surface area contributed by atoms with Gasteiger partial charge in [-0.15, -0.1) is 0 Å². The molecule has 1 heterocycles. The van der Waals surface area contributed by atoms with Crippen LogP contribution in [0.2, 0.25) is 0 Å². The highest BCUT2D eigenvalue weighted by Crippen LogP contribution is 2.23. The fraction of sp³-hybridized carbons (Fsp3) is 0. The molecular formula is C9H8N2O. The summed E-state index contributed by atoms with van der Waals surface area (Å²) in [5.41, 5.74) is 6.87. The molecule has 3 heteroatoms. The van der Waals surface area contributed by atoms with Crippen molar-refractivity contribution in [3.63, 3.8) is 0 Å². The summed E-state index contributed by atoms with van der Waals surface area (Å²) in [5, 5.41) is 10.1. The molecule has 0 fully saturated rings. The second-order valence-corrected chi connectivity index (χ2v) is 2.61. The van der Waals surface area contributed by atoms with Crippen LogP contribution >= 0.6 is 0 Å². The van der Waals surface area contributed by atoms with E-state index in [4.69, 9.17) is 5.73 Å². The van der Waals surface area contributed by atoms with Crippen molar-refractivity contribution >= 4 is 16.6 Å². The summed E-state index contributed by atoms with van der Waals surface area (Å²) in [6.07, 6.45) is 1.68. The molecule has 2 rings (SSSR count). The number of hydrogen-bond donors (Lipinski definition) is 2. The molecule has 1 aromatic heterocycles. The molecule has 0 aliphatic rings. The van der Waals surface area contributed by atoms with Gasteiger partial charge in [0.1, 0.15) is 5.75 Å². The van der Waals surface area contributed by atoms with E-state index in [0.29, 0.717) is 5.69 Å². The normalized spacial score (nSPS) is 10.3. The molecule has 0 saturated heterocycles. The Kier molecular flexibility index (Phi) is 1.37. The average Bonchev–Trinajstić information content (AvgIpc) is 2.04. The SMILES string of the molecule is Nc1cc(O)cc2cccnc12. The molecule has 0 saturated carbocycles. The molecule has 2 aromatic rings. The number of anilines is 1. The number of nitrogens with zero attached hydrogens (tertiary/aromatic N) is 1. The first-order valence-corrected chi connectivity index (χ1v) is 3.60. The van der Waals surface area contributed by atoms with Gasteiger partial charge >= 0.3 is 0 Å². The minimum Gasteiger partial charge on any atom is -0.508 e. The molecule has 3 nitrogen and oxygen atoms in total. The number of rotatable bonds is 0. The summed E-state index contributed by atoms with van der Waals surface area (Å²) >= 11 is 0. The molecule has 0 aliphatic heterocycles. The van der Waals surface area contributed by atoms with Gasteiger partial charge in [0.15, 0.2) is 0 Å². The molecule has 0 spiro atoms. The summed E-state index contributed by atoms with van der Waals surface area (Å²) < 4.78 is 0. The van der Waals surface area contributed by atoms with Crippen LogP contribution in [0.15, 0.2) is 30.5 Å². The largest absolute Gasteiger partial charge is 0.508 e. The van der Waals surface area contributed by atoms with Crippen LogP contribution in [-0.4, -0.2) is 10.1 Å². The maximum absolute atomic E-state index is 9.20. The fourth-order valence-electron chi connectivity index (χ4n) is 1.20. The molecule has 12 heavy (non-hydrogen) atoms. The zero-order valence-corrected chi connectivity index (χ0v) is 6.36. The molecule has 0 radical (unpaired) electrons. The number of benzene rings is 1. The van der Waals surface area contributed by atoms with Crippen molar-refractivity contribution in [1.29, 1.82) is 0 Å². The van der Waals surface area contributed by atoms with Crippen LogP contribution in [0.4, 0.5) is 5.69 Å². The maximum atomic E-state index is 9.20. The van der Waals surface area contributed by atoms with E-state index in [9.17, 15) is 5.11 Å². The molecule has 1 aromatic carbocycles. The molecule has 0 bridgehead atoms. The Hall–Kier alpha value is -1.77. The molecule has 0 unspecified atom stereocenters. The van der Waals surface area contributed by atoms with Gasteiger partial charge < -0.3 is 10.8 Å². The van der Waals surface area contributed by atoms with Gasteiger partial charge in [-0.2, -0.15) is 0 Å². The highest BCUT2D eigenvalue weighted by atomic mass is 16.3. The summed E-state index contributed by atoms with van der Waals surface area (Å²) in [6.45, 7) is 0. The van der Waals surface area contributed by atoms with E-state index < -0.39 is 0 Å². The third kappa shape index (κ3) is 0.955.